The highest BCUT2D eigenvalue weighted by Crippen LogP contribution is 2.07. The maximum atomic E-state index is 12.0. The third-order valence-corrected chi connectivity index (χ3v) is 3.36. The number of unbranched alkanes of at least 4 members (excludes halogenated alkanes) is 1. The third-order valence-electron chi connectivity index (χ3n) is 3.36. The van der Waals surface area contributed by atoms with Crippen molar-refractivity contribution in [2.45, 2.75) is 26.2 Å². The molecular formula is C18H20N2O2. The standard InChI is InChI=1S/C18H20N2O2/c1-2-3-7-14-10-12-16(13-11-14)18(22)20-19-17(21)15-8-5-4-6-9-15/h4-6,8-13H,2-3,7H2,1H3,(H,19,21)(H,20,22). The smallest absolute Gasteiger partial charge is 0.267 e. The summed E-state index contributed by atoms with van der Waals surface area (Å²) in [6.07, 6.45) is 3.30. The van der Waals surface area contributed by atoms with E-state index < -0.39 is 0 Å². The lowest BCUT2D eigenvalue weighted by atomic mass is 10.1. The molecule has 0 aliphatic rings. The minimum absolute atomic E-state index is 0.327. The van der Waals surface area contributed by atoms with Crippen LogP contribution in [0.2, 0.25) is 0 Å². The van der Waals surface area contributed by atoms with Gasteiger partial charge in [-0.05, 0) is 42.7 Å². The molecule has 2 N–H and O–H groups in total. The summed E-state index contributed by atoms with van der Waals surface area (Å²) in [6.45, 7) is 2.15. The van der Waals surface area contributed by atoms with E-state index in [2.05, 4.69) is 17.8 Å². The molecular weight excluding hydrogens is 276 g/mol. The van der Waals surface area contributed by atoms with Crippen molar-refractivity contribution in [3.05, 3.63) is 71.3 Å². The van der Waals surface area contributed by atoms with Gasteiger partial charge in [-0.2, -0.15) is 0 Å². The van der Waals surface area contributed by atoms with Gasteiger partial charge >= 0.3 is 0 Å². The second-order valence-corrected chi connectivity index (χ2v) is 5.07. The number of hydrogen-bond acceptors (Lipinski definition) is 2. The fourth-order valence-corrected chi connectivity index (χ4v) is 2.05. The molecule has 114 valence electrons. The van der Waals surface area contributed by atoms with Crippen molar-refractivity contribution in [1.29, 1.82) is 0 Å². The molecule has 0 spiro atoms. The van der Waals surface area contributed by atoms with Crippen LogP contribution in [0.5, 0.6) is 0 Å². The number of hydrazine groups is 1. The Balaban J connectivity index is 1.88. The summed E-state index contributed by atoms with van der Waals surface area (Å²) in [5, 5.41) is 0. The van der Waals surface area contributed by atoms with Crippen LogP contribution < -0.4 is 10.9 Å². The maximum Gasteiger partial charge on any atom is 0.269 e. The van der Waals surface area contributed by atoms with Crippen molar-refractivity contribution in [1.82, 2.24) is 10.9 Å². The molecule has 2 rings (SSSR count). The largest absolute Gasteiger partial charge is 0.269 e. The van der Waals surface area contributed by atoms with E-state index in [-0.39, 0.29) is 11.8 Å². The Hall–Kier alpha value is -2.62. The molecule has 0 aliphatic heterocycles. The Bertz CT molecular complexity index is 621. The summed E-state index contributed by atoms with van der Waals surface area (Å²) in [6, 6.07) is 16.2. The zero-order valence-corrected chi connectivity index (χ0v) is 12.6. The molecule has 4 nitrogen and oxygen atoms in total. The molecule has 0 aliphatic carbocycles. The van der Waals surface area contributed by atoms with E-state index in [0.717, 1.165) is 19.3 Å². The van der Waals surface area contributed by atoms with Crippen LogP contribution in [-0.4, -0.2) is 11.8 Å². The van der Waals surface area contributed by atoms with Gasteiger partial charge in [-0.25, -0.2) is 0 Å². The Morgan fingerprint density at radius 1 is 0.818 bits per heavy atom. The van der Waals surface area contributed by atoms with Crippen LogP contribution in [0.4, 0.5) is 0 Å². The van der Waals surface area contributed by atoms with E-state index in [1.807, 2.05) is 18.2 Å². The second kappa shape index (κ2) is 7.98. The minimum atomic E-state index is -0.339. The van der Waals surface area contributed by atoms with Gasteiger partial charge in [0, 0.05) is 11.1 Å². The quantitative estimate of drug-likeness (QED) is 0.833. The molecule has 0 aromatic heterocycles. The van der Waals surface area contributed by atoms with Crippen LogP contribution >= 0.6 is 0 Å². The lowest BCUT2D eigenvalue weighted by Gasteiger charge is -2.08. The summed E-state index contributed by atoms with van der Waals surface area (Å²) in [5.74, 6) is -0.667. The Kier molecular flexibility index (Phi) is 5.72. The second-order valence-electron chi connectivity index (χ2n) is 5.07. The van der Waals surface area contributed by atoms with E-state index >= 15 is 0 Å². The van der Waals surface area contributed by atoms with Crippen LogP contribution in [0, 0.1) is 0 Å². The molecule has 0 saturated heterocycles. The number of nitrogens with one attached hydrogen (secondary N) is 2. The normalized spacial score (nSPS) is 10.0. The van der Waals surface area contributed by atoms with Gasteiger partial charge in [0.05, 0.1) is 0 Å². The van der Waals surface area contributed by atoms with Crippen molar-refractivity contribution in [2.24, 2.45) is 0 Å². The summed E-state index contributed by atoms with van der Waals surface area (Å²) < 4.78 is 0. The summed E-state index contributed by atoms with van der Waals surface area (Å²) in [7, 11) is 0. The Morgan fingerprint density at radius 2 is 1.36 bits per heavy atom. The van der Waals surface area contributed by atoms with E-state index in [1.165, 1.54) is 5.56 Å². The van der Waals surface area contributed by atoms with Gasteiger partial charge < -0.3 is 0 Å². The first-order chi connectivity index (χ1) is 10.7. The van der Waals surface area contributed by atoms with Crippen LogP contribution in [0.15, 0.2) is 54.6 Å². The summed E-state index contributed by atoms with van der Waals surface area (Å²) >= 11 is 0. The minimum Gasteiger partial charge on any atom is -0.267 e. The highest BCUT2D eigenvalue weighted by atomic mass is 16.2. The average molecular weight is 296 g/mol. The molecule has 0 unspecified atom stereocenters. The number of rotatable bonds is 5. The average Bonchev–Trinajstić information content (AvgIpc) is 2.58. The zero-order chi connectivity index (χ0) is 15.8. The maximum absolute atomic E-state index is 12.0. The fourth-order valence-electron chi connectivity index (χ4n) is 2.05. The van der Waals surface area contributed by atoms with Crippen molar-refractivity contribution in [2.75, 3.05) is 0 Å². The zero-order valence-electron chi connectivity index (χ0n) is 12.6. The van der Waals surface area contributed by atoms with E-state index in [4.69, 9.17) is 0 Å². The number of benzene rings is 2. The molecule has 0 bridgehead atoms. The molecule has 0 fully saturated rings. The molecule has 0 heterocycles. The highest BCUT2D eigenvalue weighted by Gasteiger charge is 2.08. The van der Waals surface area contributed by atoms with Crippen molar-refractivity contribution < 1.29 is 9.59 Å². The predicted octanol–water partition coefficient (Wildman–Crippen LogP) is 3.10. The number of carbonyl (C=O) groups excluding carboxylic acids is 2. The van der Waals surface area contributed by atoms with Crippen molar-refractivity contribution in [3.8, 4) is 0 Å². The number of aryl methyl sites for hydroxylation is 1. The first-order valence-corrected chi connectivity index (χ1v) is 7.45. The molecule has 2 amide bonds. The monoisotopic (exact) mass is 296 g/mol. The predicted molar refractivity (Wildman–Crippen MR) is 86.4 cm³/mol. The van der Waals surface area contributed by atoms with E-state index in [9.17, 15) is 9.59 Å². The van der Waals surface area contributed by atoms with Crippen LogP contribution in [0.3, 0.4) is 0 Å². The molecule has 22 heavy (non-hydrogen) atoms. The first-order valence-electron chi connectivity index (χ1n) is 7.45. The van der Waals surface area contributed by atoms with Gasteiger partial charge in [0.15, 0.2) is 0 Å². The Morgan fingerprint density at radius 3 is 1.91 bits per heavy atom. The van der Waals surface area contributed by atoms with Gasteiger partial charge in [-0.15, -0.1) is 0 Å². The molecule has 2 aromatic carbocycles. The Labute approximate surface area is 130 Å². The van der Waals surface area contributed by atoms with Crippen molar-refractivity contribution in [3.63, 3.8) is 0 Å². The van der Waals surface area contributed by atoms with Crippen LogP contribution in [0.1, 0.15) is 46.0 Å². The summed E-state index contributed by atoms with van der Waals surface area (Å²) in [5.41, 5.74) is 7.06. The third kappa shape index (κ3) is 4.45. The lowest BCUT2D eigenvalue weighted by Crippen LogP contribution is -2.41. The van der Waals surface area contributed by atoms with E-state index in [0.29, 0.717) is 11.1 Å². The van der Waals surface area contributed by atoms with E-state index in [1.54, 1.807) is 36.4 Å². The molecule has 2 aromatic rings. The fraction of sp³-hybridized carbons (Fsp3) is 0.222. The first kappa shape index (κ1) is 15.8. The number of amides is 2. The lowest BCUT2D eigenvalue weighted by molar-refractivity contribution is 0.0846. The highest BCUT2D eigenvalue weighted by molar-refractivity contribution is 5.99. The molecule has 0 saturated carbocycles. The topological polar surface area (TPSA) is 58.2 Å². The van der Waals surface area contributed by atoms with Gasteiger partial charge in [-0.3, -0.25) is 20.4 Å². The number of hydrogen-bond donors (Lipinski definition) is 2. The molecule has 4 heteroatoms. The van der Waals surface area contributed by atoms with Gasteiger partial charge in [0.1, 0.15) is 0 Å². The van der Waals surface area contributed by atoms with Crippen LogP contribution in [0.25, 0.3) is 0 Å². The summed E-state index contributed by atoms with van der Waals surface area (Å²) in [4.78, 5) is 23.8. The van der Waals surface area contributed by atoms with Gasteiger partial charge in [0.2, 0.25) is 0 Å². The van der Waals surface area contributed by atoms with Crippen molar-refractivity contribution >= 4 is 11.8 Å². The van der Waals surface area contributed by atoms with Gasteiger partial charge in [0.25, 0.3) is 11.8 Å². The molecule has 0 radical (unpaired) electrons. The van der Waals surface area contributed by atoms with Gasteiger partial charge in [-0.1, -0.05) is 43.7 Å². The SMILES string of the molecule is CCCCc1ccc(C(=O)NNC(=O)c2ccccc2)cc1. The van der Waals surface area contributed by atoms with Crippen LogP contribution in [-0.2, 0) is 6.42 Å². The number of carbonyl (C=O) groups is 2. The molecule has 0 atom stereocenters.